The molecule has 0 aliphatic rings. The molecule has 4 nitrogen and oxygen atoms in total. The van der Waals surface area contributed by atoms with Crippen LogP contribution in [0.25, 0.3) is 6.08 Å². The summed E-state index contributed by atoms with van der Waals surface area (Å²) in [6, 6.07) is 18.0. The number of hydrogen-bond acceptors (Lipinski definition) is 3. The molecule has 0 fully saturated rings. The molecular weight excluding hydrogens is 310 g/mol. The summed E-state index contributed by atoms with van der Waals surface area (Å²) in [5, 5.41) is 7.03. The number of anilines is 1. The lowest BCUT2D eigenvalue weighted by molar-refractivity contribution is -0.119. The number of rotatable bonds is 7. The lowest BCUT2D eigenvalue weighted by Gasteiger charge is -2.05. The summed E-state index contributed by atoms with van der Waals surface area (Å²) < 4.78 is 0. The lowest BCUT2D eigenvalue weighted by Crippen LogP contribution is -2.25. The highest BCUT2D eigenvalue weighted by Crippen LogP contribution is 2.15. The Morgan fingerprint density at radius 3 is 2.40 bits per heavy atom. The predicted molar refractivity (Wildman–Crippen MR) is 106 cm³/mol. The summed E-state index contributed by atoms with van der Waals surface area (Å²) in [7, 11) is 0. The first-order valence-corrected chi connectivity index (χ1v) is 8.43. The number of amides is 1. The van der Waals surface area contributed by atoms with Crippen molar-refractivity contribution >= 4 is 23.9 Å². The average Bonchev–Trinajstić information content (AvgIpc) is 2.61. The largest absolute Gasteiger partial charge is 0.376 e. The smallest absolute Gasteiger partial charge is 0.259 e. The highest BCUT2D eigenvalue weighted by molar-refractivity contribution is 5.87. The Balaban J connectivity index is 1.80. The van der Waals surface area contributed by atoms with Crippen LogP contribution in [0.15, 0.2) is 65.3 Å². The van der Waals surface area contributed by atoms with Crippen molar-refractivity contribution in [3.63, 3.8) is 0 Å². The van der Waals surface area contributed by atoms with Crippen molar-refractivity contribution in [2.45, 2.75) is 26.7 Å². The number of allylic oxidation sites excluding steroid dienone is 1. The monoisotopic (exact) mass is 335 g/mol. The molecule has 0 heterocycles. The Morgan fingerprint density at radius 1 is 1.08 bits per heavy atom. The zero-order chi connectivity index (χ0) is 18.1. The number of para-hydroxylation sites is 1. The van der Waals surface area contributed by atoms with E-state index in [1.165, 1.54) is 5.56 Å². The summed E-state index contributed by atoms with van der Waals surface area (Å²) in [4.78, 5) is 11.8. The Hall–Kier alpha value is -2.88. The molecule has 1 amide bonds. The molecule has 25 heavy (non-hydrogen) atoms. The first-order chi connectivity index (χ1) is 12.0. The fraction of sp³-hybridized carbons (Fsp3) is 0.238. The zero-order valence-corrected chi connectivity index (χ0v) is 15.0. The van der Waals surface area contributed by atoms with Gasteiger partial charge in [-0.1, -0.05) is 62.4 Å². The third-order valence-corrected chi connectivity index (χ3v) is 3.68. The van der Waals surface area contributed by atoms with Crippen LogP contribution in [0.1, 0.15) is 37.8 Å². The summed E-state index contributed by atoms with van der Waals surface area (Å²) in [6.45, 7) is 6.49. The van der Waals surface area contributed by atoms with E-state index in [1.807, 2.05) is 43.3 Å². The molecule has 2 N–H and O–H groups in total. The SMILES string of the molecule is CC(/C=N\NC(=O)CNc1ccccc1)=C\c1ccc(C(C)C)cc1. The summed E-state index contributed by atoms with van der Waals surface area (Å²) in [5.41, 5.74) is 6.83. The second kappa shape index (κ2) is 9.42. The maximum atomic E-state index is 11.8. The molecule has 4 heteroatoms. The van der Waals surface area contributed by atoms with E-state index in [-0.39, 0.29) is 12.5 Å². The first-order valence-electron chi connectivity index (χ1n) is 8.43. The molecule has 0 aromatic heterocycles. The van der Waals surface area contributed by atoms with Crippen LogP contribution in [-0.2, 0) is 4.79 Å². The van der Waals surface area contributed by atoms with Gasteiger partial charge in [-0.25, -0.2) is 5.43 Å². The molecule has 2 aromatic rings. The average molecular weight is 335 g/mol. The van der Waals surface area contributed by atoms with E-state index in [0.717, 1.165) is 16.8 Å². The van der Waals surface area contributed by atoms with Crippen molar-refractivity contribution in [1.82, 2.24) is 5.43 Å². The van der Waals surface area contributed by atoms with Gasteiger partial charge in [0, 0.05) is 5.69 Å². The molecule has 0 spiro atoms. The normalized spacial score (nSPS) is 11.8. The van der Waals surface area contributed by atoms with E-state index >= 15 is 0 Å². The number of carbonyl (C=O) groups is 1. The minimum atomic E-state index is -0.186. The second-order valence-electron chi connectivity index (χ2n) is 6.22. The zero-order valence-electron chi connectivity index (χ0n) is 15.0. The first kappa shape index (κ1) is 18.5. The summed E-state index contributed by atoms with van der Waals surface area (Å²) >= 11 is 0. The second-order valence-corrected chi connectivity index (χ2v) is 6.22. The maximum absolute atomic E-state index is 11.8. The van der Waals surface area contributed by atoms with Gasteiger partial charge < -0.3 is 5.32 Å². The Morgan fingerprint density at radius 2 is 1.76 bits per heavy atom. The van der Waals surface area contributed by atoms with Gasteiger partial charge in [0.05, 0.1) is 12.8 Å². The van der Waals surface area contributed by atoms with E-state index in [9.17, 15) is 4.79 Å². The molecule has 130 valence electrons. The third kappa shape index (κ3) is 6.63. The molecule has 0 saturated heterocycles. The summed E-state index contributed by atoms with van der Waals surface area (Å²) in [5.74, 6) is 0.342. The van der Waals surface area contributed by atoms with Crippen LogP contribution < -0.4 is 10.7 Å². The van der Waals surface area contributed by atoms with Gasteiger partial charge in [0.1, 0.15) is 0 Å². The highest BCUT2D eigenvalue weighted by Gasteiger charge is 1.99. The fourth-order valence-electron chi connectivity index (χ4n) is 2.26. The molecule has 0 aliphatic carbocycles. The van der Waals surface area contributed by atoms with Gasteiger partial charge in [-0.05, 0) is 41.7 Å². The van der Waals surface area contributed by atoms with Gasteiger partial charge in [0.15, 0.2) is 0 Å². The Kier molecular flexibility index (Phi) is 6.96. The van der Waals surface area contributed by atoms with E-state index in [2.05, 4.69) is 54.0 Å². The minimum Gasteiger partial charge on any atom is -0.376 e. The molecule has 0 bridgehead atoms. The van der Waals surface area contributed by atoms with Crippen LogP contribution in [0, 0.1) is 0 Å². The predicted octanol–water partition coefficient (Wildman–Crippen LogP) is 4.43. The maximum Gasteiger partial charge on any atom is 0.259 e. The van der Waals surface area contributed by atoms with Crippen LogP contribution in [0.3, 0.4) is 0 Å². The number of nitrogens with one attached hydrogen (secondary N) is 2. The Labute approximate surface area is 149 Å². The van der Waals surface area contributed by atoms with E-state index in [4.69, 9.17) is 0 Å². The molecule has 0 atom stereocenters. The van der Waals surface area contributed by atoms with Gasteiger partial charge in [0.2, 0.25) is 0 Å². The minimum absolute atomic E-state index is 0.181. The quantitative estimate of drug-likeness (QED) is 0.581. The molecule has 0 aliphatic heterocycles. The van der Waals surface area contributed by atoms with Gasteiger partial charge in [-0.3, -0.25) is 4.79 Å². The van der Waals surface area contributed by atoms with Crippen molar-refractivity contribution in [3.8, 4) is 0 Å². The molecule has 0 radical (unpaired) electrons. The fourth-order valence-corrected chi connectivity index (χ4v) is 2.26. The molecule has 0 unspecified atom stereocenters. The van der Waals surface area contributed by atoms with Crippen LogP contribution >= 0.6 is 0 Å². The van der Waals surface area contributed by atoms with Crippen molar-refractivity contribution < 1.29 is 4.79 Å². The number of hydrazone groups is 1. The van der Waals surface area contributed by atoms with Crippen LogP contribution in [0.5, 0.6) is 0 Å². The molecule has 0 saturated carbocycles. The topological polar surface area (TPSA) is 53.5 Å². The Bertz CT molecular complexity index is 731. The van der Waals surface area contributed by atoms with E-state index < -0.39 is 0 Å². The van der Waals surface area contributed by atoms with Crippen molar-refractivity contribution in [2.24, 2.45) is 5.10 Å². The molecule has 2 aromatic carbocycles. The third-order valence-electron chi connectivity index (χ3n) is 3.68. The lowest BCUT2D eigenvalue weighted by atomic mass is 10.0. The van der Waals surface area contributed by atoms with Gasteiger partial charge in [-0.2, -0.15) is 5.10 Å². The number of benzene rings is 2. The highest BCUT2D eigenvalue weighted by atomic mass is 16.2. The standard InChI is InChI=1S/C21H25N3O/c1-16(2)19-11-9-18(10-12-19)13-17(3)14-23-24-21(25)15-22-20-7-5-4-6-8-20/h4-14,16,22H,15H2,1-3H3,(H,24,25)/b17-13+,23-14-. The number of nitrogens with zero attached hydrogens (tertiary/aromatic N) is 1. The van der Waals surface area contributed by atoms with Gasteiger partial charge >= 0.3 is 0 Å². The van der Waals surface area contributed by atoms with Crippen molar-refractivity contribution in [2.75, 3.05) is 11.9 Å². The number of hydrogen-bond donors (Lipinski definition) is 2. The van der Waals surface area contributed by atoms with Crippen LogP contribution in [-0.4, -0.2) is 18.7 Å². The van der Waals surface area contributed by atoms with Crippen molar-refractivity contribution in [1.29, 1.82) is 0 Å². The molecule has 2 rings (SSSR count). The van der Waals surface area contributed by atoms with Crippen LogP contribution in [0.2, 0.25) is 0 Å². The van der Waals surface area contributed by atoms with Crippen molar-refractivity contribution in [3.05, 3.63) is 71.3 Å². The number of carbonyl (C=O) groups excluding carboxylic acids is 1. The summed E-state index contributed by atoms with van der Waals surface area (Å²) in [6.07, 6.45) is 3.68. The van der Waals surface area contributed by atoms with E-state index in [0.29, 0.717) is 5.92 Å². The van der Waals surface area contributed by atoms with E-state index in [1.54, 1.807) is 6.21 Å². The van der Waals surface area contributed by atoms with Crippen LogP contribution in [0.4, 0.5) is 5.69 Å². The van der Waals surface area contributed by atoms with Gasteiger partial charge in [0.25, 0.3) is 5.91 Å². The van der Waals surface area contributed by atoms with Gasteiger partial charge in [-0.15, -0.1) is 0 Å². The molecular formula is C21H25N3O.